The second-order valence-electron chi connectivity index (χ2n) is 6.07. The molecule has 0 spiro atoms. The minimum Gasteiger partial charge on any atom is -0.494 e. The molecule has 4 aromatic rings. The lowest BCUT2D eigenvalue weighted by Crippen LogP contribution is -2.10. The molecule has 3 aromatic carbocycles. The lowest BCUT2D eigenvalue weighted by Gasteiger charge is -2.11. The summed E-state index contributed by atoms with van der Waals surface area (Å²) < 4.78 is 7.19. The van der Waals surface area contributed by atoms with Crippen LogP contribution >= 0.6 is 11.6 Å². The van der Waals surface area contributed by atoms with Crippen molar-refractivity contribution in [2.45, 2.75) is 6.54 Å². The molecule has 1 heterocycles. The van der Waals surface area contributed by atoms with Crippen molar-refractivity contribution >= 4 is 39.2 Å². The highest BCUT2D eigenvalue weighted by atomic mass is 35.5. The normalized spacial score (nSPS) is 11.2. The standard InChI is InChI=1S/C21H16ClNO3/c1-26-20-17-11-15(22)9-10-18(17)23(19(20)21(24)25)12-14-7-4-6-13-5-2-3-8-16(13)14/h2-11H,12H2,1H3,(H,24,25). The molecule has 26 heavy (non-hydrogen) atoms. The summed E-state index contributed by atoms with van der Waals surface area (Å²) in [5, 5.41) is 13.3. The van der Waals surface area contributed by atoms with Crippen LogP contribution in [0.4, 0.5) is 0 Å². The zero-order chi connectivity index (χ0) is 18.3. The van der Waals surface area contributed by atoms with Gasteiger partial charge in [0.15, 0.2) is 11.4 Å². The van der Waals surface area contributed by atoms with E-state index in [4.69, 9.17) is 16.3 Å². The summed E-state index contributed by atoms with van der Waals surface area (Å²) >= 11 is 6.11. The maximum Gasteiger partial charge on any atom is 0.356 e. The number of carboxylic acid groups (broad SMARTS) is 1. The zero-order valence-corrected chi connectivity index (χ0v) is 14.8. The number of ether oxygens (including phenoxy) is 1. The van der Waals surface area contributed by atoms with E-state index in [-0.39, 0.29) is 5.69 Å². The number of carbonyl (C=O) groups is 1. The fourth-order valence-electron chi connectivity index (χ4n) is 3.48. The predicted molar refractivity (Wildman–Crippen MR) is 104 cm³/mol. The molecule has 1 N–H and O–H groups in total. The molecule has 0 aliphatic carbocycles. The highest BCUT2D eigenvalue weighted by molar-refractivity contribution is 6.31. The van der Waals surface area contributed by atoms with Crippen LogP contribution in [0.1, 0.15) is 16.1 Å². The van der Waals surface area contributed by atoms with Gasteiger partial charge in [0.2, 0.25) is 0 Å². The number of hydrogen-bond donors (Lipinski definition) is 1. The van der Waals surface area contributed by atoms with Gasteiger partial charge in [0.25, 0.3) is 0 Å². The number of nitrogens with zero attached hydrogens (tertiary/aromatic N) is 1. The Morgan fingerprint density at radius 3 is 2.62 bits per heavy atom. The van der Waals surface area contributed by atoms with Crippen molar-refractivity contribution in [1.29, 1.82) is 0 Å². The molecule has 0 saturated carbocycles. The molecule has 0 bridgehead atoms. The number of fused-ring (bicyclic) bond motifs is 2. The van der Waals surface area contributed by atoms with Crippen LogP contribution in [0.25, 0.3) is 21.7 Å². The van der Waals surface area contributed by atoms with Crippen molar-refractivity contribution in [1.82, 2.24) is 4.57 Å². The number of aromatic carboxylic acids is 1. The third kappa shape index (κ3) is 2.59. The van der Waals surface area contributed by atoms with Gasteiger partial charge in [0.1, 0.15) is 0 Å². The summed E-state index contributed by atoms with van der Waals surface area (Å²) in [6.07, 6.45) is 0. The summed E-state index contributed by atoms with van der Waals surface area (Å²) in [4.78, 5) is 12.0. The Kier molecular flexibility index (Phi) is 4.05. The molecule has 0 unspecified atom stereocenters. The van der Waals surface area contributed by atoms with Crippen LogP contribution in [0.3, 0.4) is 0 Å². The molecule has 0 atom stereocenters. The van der Waals surface area contributed by atoms with Crippen molar-refractivity contribution in [3.05, 3.63) is 76.9 Å². The summed E-state index contributed by atoms with van der Waals surface area (Å²) in [5.41, 5.74) is 1.94. The zero-order valence-electron chi connectivity index (χ0n) is 14.1. The number of rotatable bonds is 4. The van der Waals surface area contributed by atoms with E-state index >= 15 is 0 Å². The first-order valence-electron chi connectivity index (χ1n) is 8.16. The van der Waals surface area contributed by atoms with E-state index in [1.54, 1.807) is 16.7 Å². The quantitative estimate of drug-likeness (QED) is 0.540. The Hall–Kier alpha value is -2.98. The van der Waals surface area contributed by atoms with Crippen molar-refractivity contribution < 1.29 is 14.6 Å². The van der Waals surface area contributed by atoms with Crippen LogP contribution in [-0.2, 0) is 6.54 Å². The molecule has 4 rings (SSSR count). The van der Waals surface area contributed by atoms with E-state index in [0.717, 1.165) is 21.9 Å². The number of aromatic nitrogens is 1. The van der Waals surface area contributed by atoms with E-state index in [2.05, 4.69) is 0 Å². The molecule has 130 valence electrons. The first-order valence-corrected chi connectivity index (χ1v) is 8.53. The van der Waals surface area contributed by atoms with E-state index in [1.807, 2.05) is 48.5 Å². The Labute approximate surface area is 155 Å². The van der Waals surface area contributed by atoms with Crippen LogP contribution in [-0.4, -0.2) is 22.8 Å². The minimum atomic E-state index is -1.03. The van der Waals surface area contributed by atoms with Gasteiger partial charge in [-0.15, -0.1) is 0 Å². The molecule has 0 aliphatic heterocycles. The molecule has 0 aliphatic rings. The van der Waals surface area contributed by atoms with Crippen molar-refractivity contribution in [2.24, 2.45) is 0 Å². The molecule has 5 heteroatoms. The number of methoxy groups -OCH3 is 1. The smallest absolute Gasteiger partial charge is 0.356 e. The lowest BCUT2D eigenvalue weighted by molar-refractivity contribution is 0.0682. The Morgan fingerprint density at radius 1 is 1.08 bits per heavy atom. The summed E-state index contributed by atoms with van der Waals surface area (Å²) in [6, 6.07) is 19.4. The molecular weight excluding hydrogens is 350 g/mol. The Bertz CT molecular complexity index is 1140. The van der Waals surface area contributed by atoms with Gasteiger partial charge < -0.3 is 14.4 Å². The Morgan fingerprint density at radius 2 is 1.85 bits per heavy atom. The SMILES string of the molecule is COc1c(C(=O)O)n(Cc2cccc3ccccc23)c2ccc(Cl)cc12. The first kappa shape index (κ1) is 16.5. The van der Waals surface area contributed by atoms with E-state index in [9.17, 15) is 9.90 Å². The van der Waals surface area contributed by atoms with Crippen molar-refractivity contribution in [3.63, 3.8) is 0 Å². The predicted octanol–water partition coefficient (Wildman–Crippen LogP) is 5.20. The van der Waals surface area contributed by atoms with Gasteiger partial charge in [-0.05, 0) is 34.5 Å². The average molecular weight is 366 g/mol. The molecule has 0 amide bonds. The molecule has 0 fully saturated rings. The van der Waals surface area contributed by atoms with Gasteiger partial charge in [-0.3, -0.25) is 0 Å². The monoisotopic (exact) mass is 365 g/mol. The highest BCUT2D eigenvalue weighted by Gasteiger charge is 2.24. The summed E-state index contributed by atoms with van der Waals surface area (Å²) in [6.45, 7) is 0.421. The van der Waals surface area contributed by atoms with Crippen LogP contribution in [0, 0.1) is 0 Å². The largest absolute Gasteiger partial charge is 0.494 e. The summed E-state index contributed by atoms with van der Waals surface area (Å²) in [5.74, 6) is -0.704. The third-order valence-corrected chi connectivity index (χ3v) is 4.83. The maximum absolute atomic E-state index is 12.0. The molecule has 0 radical (unpaired) electrons. The lowest BCUT2D eigenvalue weighted by atomic mass is 10.0. The average Bonchev–Trinajstić information content (AvgIpc) is 2.95. The molecule has 0 saturated heterocycles. The second-order valence-corrected chi connectivity index (χ2v) is 6.51. The number of carboxylic acids is 1. The van der Waals surface area contributed by atoms with Crippen LogP contribution in [0.2, 0.25) is 5.02 Å². The molecular formula is C21H16ClNO3. The van der Waals surface area contributed by atoms with Gasteiger partial charge in [0.05, 0.1) is 12.6 Å². The fourth-order valence-corrected chi connectivity index (χ4v) is 3.65. The number of halogens is 1. The van der Waals surface area contributed by atoms with Gasteiger partial charge >= 0.3 is 5.97 Å². The van der Waals surface area contributed by atoms with Gasteiger partial charge in [-0.1, -0.05) is 54.1 Å². The fraction of sp³-hybridized carbons (Fsp3) is 0.0952. The third-order valence-electron chi connectivity index (χ3n) is 4.59. The van der Waals surface area contributed by atoms with Gasteiger partial charge in [-0.2, -0.15) is 0 Å². The molecule has 1 aromatic heterocycles. The first-order chi connectivity index (χ1) is 12.6. The van der Waals surface area contributed by atoms with E-state index < -0.39 is 5.97 Å². The topological polar surface area (TPSA) is 51.5 Å². The minimum absolute atomic E-state index is 0.123. The Balaban J connectivity index is 1.99. The number of hydrogen-bond acceptors (Lipinski definition) is 2. The van der Waals surface area contributed by atoms with Gasteiger partial charge in [-0.25, -0.2) is 4.79 Å². The number of benzene rings is 3. The van der Waals surface area contributed by atoms with Crippen LogP contribution in [0.15, 0.2) is 60.7 Å². The second kappa shape index (κ2) is 6.39. The summed E-state index contributed by atoms with van der Waals surface area (Å²) in [7, 11) is 1.48. The van der Waals surface area contributed by atoms with Gasteiger partial charge in [0, 0.05) is 17.0 Å². The molecule has 4 nitrogen and oxygen atoms in total. The highest BCUT2D eigenvalue weighted by Crippen LogP contribution is 2.36. The van der Waals surface area contributed by atoms with Crippen LogP contribution < -0.4 is 4.74 Å². The van der Waals surface area contributed by atoms with Crippen molar-refractivity contribution in [3.8, 4) is 5.75 Å². The van der Waals surface area contributed by atoms with E-state index in [0.29, 0.717) is 22.7 Å². The van der Waals surface area contributed by atoms with Crippen molar-refractivity contribution in [2.75, 3.05) is 7.11 Å². The van der Waals surface area contributed by atoms with E-state index in [1.165, 1.54) is 7.11 Å². The maximum atomic E-state index is 12.0. The van der Waals surface area contributed by atoms with Crippen LogP contribution in [0.5, 0.6) is 5.75 Å².